The van der Waals surface area contributed by atoms with Crippen LogP contribution in [0.3, 0.4) is 0 Å². The van der Waals surface area contributed by atoms with Gasteiger partial charge in [0.25, 0.3) is 0 Å². The Kier molecular flexibility index (Phi) is 1.92. The van der Waals surface area contributed by atoms with E-state index in [1.165, 1.54) is 10.4 Å². The Morgan fingerprint density at radius 3 is 3.29 bits per heavy atom. The molecule has 72 valence electrons. The van der Waals surface area contributed by atoms with Gasteiger partial charge >= 0.3 is 0 Å². The minimum absolute atomic E-state index is 0.264. The average molecular weight is 205 g/mol. The van der Waals surface area contributed by atoms with E-state index in [1.54, 1.807) is 6.26 Å². The fourth-order valence-electron chi connectivity index (χ4n) is 1.96. The second-order valence-corrected chi connectivity index (χ2v) is 4.45. The highest BCUT2D eigenvalue weighted by molar-refractivity contribution is 7.10. The van der Waals surface area contributed by atoms with Crippen LogP contribution in [0, 0.1) is 0 Å². The molecule has 2 aromatic rings. The molecule has 0 spiro atoms. The number of hydrogen-bond donors (Lipinski definition) is 1. The highest BCUT2D eigenvalue weighted by Crippen LogP contribution is 2.31. The van der Waals surface area contributed by atoms with Crippen LogP contribution in [-0.4, -0.2) is 6.54 Å². The largest absolute Gasteiger partial charge is 0.467 e. The minimum atomic E-state index is 0.264. The number of fused-ring (bicyclic) bond motifs is 1. The minimum Gasteiger partial charge on any atom is -0.467 e. The van der Waals surface area contributed by atoms with Crippen molar-refractivity contribution in [3.63, 3.8) is 0 Å². The highest BCUT2D eigenvalue weighted by atomic mass is 32.1. The molecular formula is C11H11NOS. The van der Waals surface area contributed by atoms with Gasteiger partial charge in [-0.2, -0.15) is 0 Å². The van der Waals surface area contributed by atoms with Crippen LogP contribution in [0.15, 0.2) is 34.3 Å². The molecule has 2 aromatic heterocycles. The van der Waals surface area contributed by atoms with Crippen molar-refractivity contribution in [2.75, 3.05) is 6.54 Å². The molecule has 0 saturated heterocycles. The van der Waals surface area contributed by atoms with Crippen molar-refractivity contribution in [1.82, 2.24) is 5.32 Å². The topological polar surface area (TPSA) is 25.2 Å². The smallest absolute Gasteiger partial charge is 0.125 e. The molecule has 0 fully saturated rings. The van der Waals surface area contributed by atoms with Gasteiger partial charge in [-0.3, -0.25) is 0 Å². The molecule has 0 amide bonds. The number of nitrogens with one attached hydrogen (secondary N) is 1. The molecule has 1 N–H and O–H groups in total. The molecule has 1 aliphatic rings. The molecule has 0 aromatic carbocycles. The van der Waals surface area contributed by atoms with E-state index >= 15 is 0 Å². The van der Waals surface area contributed by atoms with E-state index in [-0.39, 0.29) is 6.04 Å². The second kappa shape index (κ2) is 3.26. The predicted octanol–water partition coefficient (Wildman–Crippen LogP) is 2.58. The van der Waals surface area contributed by atoms with Crippen molar-refractivity contribution in [3.8, 4) is 0 Å². The first-order chi connectivity index (χ1) is 6.95. The van der Waals surface area contributed by atoms with Crippen LogP contribution in [0.25, 0.3) is 0 Å². The van der Waals surface area contributed by atoms with Crippen molar-refractivity contribution in [1.29, 1.82) is 0 Å². The summed E-state index contributed by atoms with van der Waals surface area (Å²) in [5.41, 5.74) is 1.39. The van der Waals surface area contributed by atoms with Crippen LogP contribution in [0.2, 0.25) is 0 Å². The van der Waals surface area contributed by atoms with Crippen molar-refractivity contribution in [2.24, 2.45) is 0 Å². The molecule has 3 rings (SSSR count). The van der Waals surface area contributed by atoms with Crippen LogP contribution >= 0.6 is 11.3 Å². The summed E-state index contributed by atoms with van der Waals surface area (Å²) in [5, 5.41) is 5.64. The number of thiophene rings is 1. The lowest BCUT2D eigenvalue weighted by atomic mass is 10.0. The van der Waals surface area contributed by atoms with Crippen LogP contribution in [0.1, 0.15) is 22.2 Å². The molecule has 0 aliphatic carbocycles. The highest BCUT2D eigenvalue weighted by Gasteiger charge is 2.23. The van der Waals surface area contributed by atoms with E-state index < -0.39 is 0 Å². The fourth-order valence-corrected chi connectivity index (χ4v) is 2.88. The molecule has 1 atom stereocenters. The first-order valence-electron chi connectivity index (χ1n) is 4.78. The maximum absolute atomic E-state index is 5.44. The van der Waals surface area contributed by atoms with Crippen molar-refractivity contribution < 1.29 is 4.42 Å². The lowest BCUT2D eigenvalue weighted by Crippen LogP contribution is -2.29. The monoisotopic (exact) mass is 205 g/mol. The molecule has 2 nitrogen and oxygen atoms in total. The van der Waals surface area contributed by atoms with Crippen molar-refractivity contribution >= 4 is 11.3 Å². The van der Waals surface area contributed by atoms with Gasteiger partial charge in [-0.15, -0.1) is 11.3 Å². The van der Waals surface area contributed by atoms with Gasteiger partial charge in [0, 0.05) is 11.4 Å². The van der Waals surface area contributed by atoms with Gasteiger partial charge in [0.05, 0.1) is 12.3 Å². The second-order valence-electron chi connectivity index (χ2n) is 3.45. The zero-order chi connectivity index (χ0) is 9.38. The van der Waals surface area contributed by atoms with Gasteiger partial charge in [-0.1, -0.05) is 0 Å². The molecule has 0 unspecified atom stereocenters. The number of rotatable bonds is 1. The molecule has 0 bridgehead atoms. The van der Waals surface area contributed by atoms with E-state index in [0.29, 0.717) is 0 Å². The maximum Gasteiger partial charge on any atom is 0.125 e. The van der Waals surface area contributed by atoms with Crippen LogP contribution < -0.4 is 5.32 Å². The standard InChI is InChI=1S/C11H11NOS/c1-2-9(13-6-1)11-8-4-7-14-10(8)3-5-12-11/h1-2,4,6-7,11-12H,3,5H2/t11-/m0/s1. The summed E-state index contributed by atoms with van der Waals surface area (Å²) in [6, 6.07) is 6.43. The van der Waals surface area contributed by atoms with Crippen molar-refractivity contribution in [2.45, 2.75) is 12.5 Å². The van der Waals surface area contributed by atoms with E-state index in [9.17, 15) is 0 Å². The molecule has 3 heterocycles. The van der Waals surface area contributed by atoms with Crippen LogP contribution in [0.5, 0.6) is 0 Å². The SMILES string of the molecule is c1coc([C@H]2NCCc3sccc32)c1. The number of hydrogen-bond acceptors (Lipinski definition) is 3. The molecular weight excluding hydrogens is 194 g/mol. The molecule has 1 aliphatic heterocycles. The van der Waals surface area contributed by atoms with Gasteiger partial charge in [0.15, 0.2) is 0 Å². The summed E-state index contributed by atoms with van der Waals surface area (Å²) >= 11 is 1.84. The van der Waals surface area contributed by atoms with Gasteiger partial charge in [-0.05, 0) is 35.6 Å². The third kappa shape index (κ3) is 1.21. The van der Waals surface area contributed by atoms with Crippen LogP contribution in [-0.2, 0) is 6.42 Å². The molecule has 0 saturated carbocycles. The van der Waals surface area contributed by atoms with Gasteiger partial charge in [-0.25, -0.2) is 0 Å². The molecule has 14 heavy (non-hydrogen) atoms. The first-order valence-corrected chi connectivity index (χ1v) is 5.66. The average Bonchev–Trinajstić information content (AvgIpc) is 2.88. The first kappa shape index (κ1) is 8.26. The Bertz CT molecular complexity index is 418. The maximum atomic E-state index is 5.44. The summed E-state index contributed by atoms with van der Waals surface area (Å²) in [7, 11) is 0. The Morgan fingerprint density at radius 1 is 1.43 bits per heavy atom. The third-order valence-corrected chi connectivity index (χ3v) is 3.62. The zero-order valence-corrected chi connectivity index (χ0v) is 8.51. The normalized spacial score (nSPS) is 20.7. The van der Waals surface area contributed by atoms with Crippen LogP contribution in [0.4, 0.5) is 0 Å². The summed E-state index contributed by atoms with van der Waals surface area (Å²) in [6.07, 6.45) is 2.88. The lowest BCUT2D eigenvalue weighted by molar-refractivity contribution is 0.438. The third-order valence-electron chi connectivity index (χ3n) is 2.62. The van der Waals surface area contributed by atoms with Gasteiger partial charge in [0.1, 0.15) is 5.76 Å². The molecule has 0 radical (unpaired) electrons. The fraction of sp³-hybridized carbons (Fsp3) is 0.273. The van der Waals surface area contributed by atoms with Gasteiger partial charge < -0.3 is 9.73 Å². The number of furan rings is 1. The van der Waals surface area contributed by atoms with E-state index in [1.807, 2.05) is 23.5 Å². The predicted molar refractivity (Wildman–Crippen MR) is 56.6 cm³/mol. The Morgan fingerprint density at radius 2 is 2.43 bits per heavy atom. The summed E-state index contributed by atoms with van der Waals surface area (Å²) in [5.74, 6) is 1.02. The quantitative estimate of drug-likeness (QED) is 0.774. The lowest BCUT2D eigenvalue weighted by Gasteiger charge is -2.22. The van der Waals surface area contributed by atoms with E-state index in [2.05, 4.69) is 16.8 Å². The van der Waals surface area contributed by atoms with Gasteiger partial charge in [0.2, 0.25) is 0 Å². The Labute approximate surface area is 86.6 Å². The Balaban J connectivity index is 2.04. The summed E-state index contributed by atoms with van der Waals surface area (Å²) < 4.78 is 5.44. The van der Waals surface area contributed by atoms with E-state index in [4.69, 9.17) is 4.42 Å². The van der Waals surface area contributed by atoms with Crippen molar-refractivity contribution in [3.05, 3.63) is 46.0 Å². The Hall–Kier alpha value is -1.06. The summed E-state index contributed by atoms with van der Waals surface area (Å²) in [4.78, 5) is 1.49. The van der Waals surface area contributed by atoms with E-state index in [0.717, 1.165) is 18.7 Å². The summed E-state index contributed by atoms with van der Waals surface area (Å²) in [6.45, 7) is 1.04. The zero-order valence-electron chi connectivity index (χ0n) is 7.69. The molecule has 3 heteroatoms.